The van der Waals surface area contributed by atoms with Crippen LogP contribution in [-0.4, -0.2) is 19.2 Å². The number of nitrogens with zero attached hydrogens (tertiary/aromatic N) is 1. The van der Waals surface area contributed by atoms with Crippen molar-refractivity contribution in [2.24, 2.45) is 17.6 Å². The van der Waals surface area contributed by atoms with Gasteiger partial charge in [-0.1, -0.05) is 18.9 Å². The van der Waals surface area contributed by atoms with Crippen molar-refractivity contribution in [1.29, 1.82) is 5.26 Å². The minimum atomic E-state index is -0.480. The molecule has 112 valence electrons. The number of nitrogens with two attached hydrogens (primary N) is 1. The van der Waals surface area contributed by atoms with E-state index in [1.807, 2.05) is 6.07 Å². The number of hydrogen-bond acceptors (Lipinski definition) is 4. The van der Waals surface area contributed by atoms with Crippen LogP contribution in [0.2, 0.25) is 0 Å². The lowest BCUT2D eigenvalue weighted by atomic mass is 9.80. The maximum absolute atomic E-state index is 11.8. The molecule has 0 heterocycles. The normalized spacial score (nSPS) is 21.3. The molecule has 1 aromatic carbocycles. The first-order valence-corrected chi connectivity index (χ1v) is 7.37. The zero-order valence-electron chi connectivity index (χ0n) is 12.0. The molecule has 1 aliphatic rings. The Labute approximate surface area is 125 Å². The Balaban J connectivity index is 1.83. The second-order valence-corrected chi connectivity index (χ2v) is 5.46. The van der Waals surface area contributed by atoms with Gasteiger partial charge in [0.15, 0.2) is 0 Å². The van der Waals surface area contributed by atoms with Gasteiger partial charge in [0.1, 0.15) is 0 Å². The molecular weight excluding hydrogens is 266 g/mol. The molecule has 3 N–H and O–H groups in total. The first-order valence-electron chi connectivity index (χ1n) is 7.37. The van der Waals surface area contributed by atoms with Crippen LogP contribution in [0.15, 0.2) is 24.3 Å². The van der Waals surface area contributed by atoms with Crippen molar-refractivity contribution in [1.82, 2.24) is 0 Å². The summed E-state index contributed by atoms with van der Waals surface area (Å²) in [4.78, 5) is 11.8. The van der Waals surface area contributed by atoms with Crippen LogP contribution in [0.1, 0.15) is 31.2 Å². The topological polar surface area (TPSA) is 88.1 Å². The molecule has 1 saturated carbocycles. The summed E-state index contributed by atoms with van der Waals surface area (Å²) in [5.41, 5.74) is 6.84. The lowest BCUT2D eigenvalue weighted by Crippen LogP contribution is -2.31. The number of rotatable bonds is 4. The summed E-state index contributed by atoms with van der Waals surface area (Å²) in [6.45, 7) is 1.06. The van der Waals surface area contributed by atoms with Gasteiger partial charge < -0.3 is 10.5 Å². The van der Waals surface area contributed by atoms with Crippen molar-refractivity contribution >= 4 is 11.8 Å². The minimum Gasteiger partial charge on any atom is -0.449 e. The third-order valence-electron chi connectivity index (χ3n) is 4.04. The Morgan fingerprint density at radius 3 is 2.86 bits per heavy atom. The Morgan fingerprint density at radius 1 is 1.38 bits per heavy atom. The molecule has 2 atom stereocenters. The number of carbonyl (C=O) groups is 1. The first kappa shape index (κ1) is 15.3. The smallest absolute Gasteiger partial charge is 0.411 e. The standard InChI is InChI=1S/C16H21N3O2/c17-9-12-4-3-7-15(8-12)19-16(20)21-11-14-6-2-1-5-13(14)10-18/h3-4,7-8,13-14H,1-2,5-6,10-11,18H2,(H,19,20). The van der Waals surface area contributed by atoms with Crippen molar-refractivity contribution in [3.63, 3.8) is 0 Å². The molecule has 1 aromatic rings. The molecule has 0 saturated heterocycles. The summed E-state index contributed by atoms with van der Waals surface area (Å²) in [6.07, 6.45) is 4.10. The molecule has 1 aliphatic carbocycles. The summed E-state index contributed by atoms with van der Waals surface area (Å²) in [7, 11) is 0. The first-order chi connectivity index (χ1) is 10.2. The molecule has 2 unspecified atom stereocenters. The Kier molecular flexibility index (Phi) is 5.59. The summed E-state index contributed by atoms with van der Waals surface area (Å²) in [6, 6.07) is 8.78. The van der Waals surface area contributed by atoms with Crippen LogP contribution in [-0.2, 0) is 4.74 Å². The van der Waals surface area contributed by atoms with Gasteiger partial charge in [0, 0.05) is 5.69 Å². The fourth-order valence-electron chi connectivity index (χ4n) is 2.82. The van der Waals surface area contributed by atoms with Crippen LogP contribution >= 0.6 is 0 Å². The zero-order chi connectivity index (χ0) is 15.1. The summed E-state index contributed by atoms with van der Waals surface area (Å²) in [5, 5.41) is 11.5. The second kappa shape index (κ2) is 7.65. The quantitative estimate of drug-likeness (QED) is 0.891. The summed E-state index contributed by atoms with van der Waals surface area (Å²) >= 11 is 0. The number of amides is 1. The fourth-order valence-corrected chi connectivity index (χ4v) is 2.82. The molecule has 5 heteroatoms. The van der Waals surface area contributed by atoms with Crippen molar-refractivity contribution in [3.05, 3.63) is 29.8 Å². The van der Waals surface area contributed by atoms with Crippen LogP contribution in [0.3, 0.4) is 0 Å². The number of benzene rings is 1. The lowest BCUT2D eigenvalue weighted by Gasteiger charge is -2.30. The molecule has 0 aliphatic heterocycles. The van der Waals surface area contributed by atoms with E-state index in [9.17, 15) is 4.79 Å². The average Bonchev–Trinajstić information content (AvgIpc) is 2.53. The molecule has 0 spiro atoms. The van der Waals surface area contributed by atoms with Crippen molar-refractivity contribution < 1.29 is 9.53 Å². The third kappa shape index (κ3) is 4.47. The SMILES string of the molecule is N#Cc1cccc(NC(=O)OCC2CCCCC2CN)c1. The molecular formula is C16H21N3O2. The number of hydrogen-bond donors (Lipinski definition) is 2. The summed E-state index contributed by atoms with van der Waals surface area (Å²) < 4.78 is 5.30. The average molecular weight is 287 g/mol. The largest absolute Gasteiger partial charge is 0.449 e. The number of ether oxygens (including phenoxy) is 1. The Morgan fingerprint density at radius 2 is 2.14 bits per heavy atom. The zero-order valence-corrected chi connectivity index (χ0v) is 12.0. The maximum Gasteiger partial charge on any atom is 0.411 e. The van der Waals surface area contributed by atoms with E-state index in [0.29, 0.717) is 36.2 Å². The number of nitriles is 1. The van der Waals surface area contributed by atoms with E-state index >= 15 is 0 Å². The van der Waals surface area contributed by atoms with Crippen molar-refractivity contribution in [2.45, 2.75) is 25.7 Å². The minimum absolute atomic E-state index is 0.361. The molecule has 5 nitrogen and oxygen atoms in total. The van der Waals surface area contributed by atoms with Gasteiger partial charge in [-0.2, -0.15) is 5.26 Å². The van der Waals surface area contributed by atoms with Gasteiger partial charge in [-0.05, 0) is 49.4 Å². The van der Waals surface area contributed by atoms with E-state index in [4.69, 9.17) is 15.7 Å². The van der Waals surface area contributed by atoms with Gasteiger partial charge in [0.05, 0.1) is 18.2 Å². The van der Waals surface area contributed by atoms with Crippen LogP contribution < -0.4 is 11.1 Å². The highest BCUT2D eigenvalue weighted by Gasteiger charge is 2.25. The lowest BCUT2D eigenvalue weighted by molar-refractivity contribution is 0.104. The molecule has 1 fully saturated rings. The van der Waals surface area contributed by atoms with Crippen molar-refractivity contribution in [3.8, 4) is 6.07 Å². The molecule has 0 bridgehead atoms. The second-order valence-electron chi connectivity index (χ2n) is 5.46. The highest BCUT2D eigenvalue weighted by Crippen LogP contribution is 2.29. The van der Waals surface area contributed by atoms with Crippen LogP contribution in [0.4, 0.5) is 10.5 Å². The highest BCUT2D eigenvalue weighted by molar-refractivity contribution is 5.84. The van der Waals surface area contributed by atoms with Crippen LogP contribution in [0.5, 0.6) is 0 Å². The molecule has 0 aromatic heterocycles. The van der Waals surface area contributed by atoms with E-state index in [2.05, 4.69) is 5.32 Å². The summed E-state index contributed by atoms with van der Waals surface area (Å²) in [5.74, 6) is 0.813. The van der Waals surface area contributed by atoms with Crippen LogP contribution in [0.25, 0.3) is 0 Å². The number of nitrogens with one attached hydrogen (secondary N) is 1. The molecule has 1 amide bonds. The Bertz CT molecular complexity index is 524. The van der Waals surface area contributed by atoms with Crippen molar-refractivity contribution in [2.75, 3.05) is 18.5 Å². The fraction of sp³-hybridized carbons (Fsp3) is 0.500. The van der Waals surface area contributed by atoms with Gasteiger partial charge in [0.25, 0.3) is 0 Å². The number of anilines is 1. The van der Waals surface area contributed by atoms with E-state index in [0.717, 1.165) is 12.8 Å². The highest BCUT2D eigenvalue weighted by atomic mass is 16.5. The van der Waals surface area contributed by atoms with Gasteiger partial charge in [-0.25, -0.2) is 4.79 Å². The van der Waals surface area contributed by atoms with Crippen LogP contribution in [0, 0.1) is 23.2 Å². The van der Waals surface area contributed by atoms with Gasteiger partial charge in [0.2, 0.25) is 0 Å². The molecule has 2 rings (SSSR count). The maximum atomic E-state index is 11.8. The monoisotopic (exact) mass is 287 g/mol. The third-order valence-corrected chi connectivity index (χ3v) is 4.04. The van der Waals surface area contributed by atoms with E-state index in [1.54, 1.807) is 24.3 Å². The number of carbonyl (C=O) groups excluding carboxylic acids is 1. The predicted octanol–water partition coefficient (Wildman–Crippen LogP) is 2.87. The van der Waals surface area contributed by atoms with Gasteiger partial charge in [-0.15, -0.1) is 0 Å². The molecule has 21 heavy (non-hydrogen) atoms. The van der Waals surface area contributed by atoms with Gasteiger partial charge >= 0.3 is 6.09 Å². The van der Waals surface area contributed by atoms with Gasteiger partial charge in [-0.3, -0.25) is 5.32 Å². The predicted molar refractivity (Wildman–Crippen MR) is 80.6 cm³/mol. The van der Waals surface area contributed by atoms with E-state index in [1.165, 1.54) is 12.8 Å². The molecule has 0 radical (unpaired) electrons. The van der Waals surface area contributed by atoms with E-state index < -0.39 is 6.09 Å². The Hall–Kier alpha value is -2.06. The van der Waals surface area contributed by atoms with E-state index in [-0.39, 0.29) is 0 Å².